The lowest BCUT2D eigenvalue weighted by Crippen LogP contribution is -2.30. The fraction of sp³-hybridized carbons (Fsp3) is 0.419. The maximum absolute atomic E-state index is 14.3. The van der Waals surface area contributed by atoms with Crippen molar-refractivity contribution in [2.75, 3.05) is 6.61 Å². The zero-order chi connectivity index (χ0) is 23.0. The van der Waals surface area contributed by atoms with E-state index in [1.54, 1.807) is 18.2 Å². The molecule has 0 aliphatic heterocycles. The first-order valence-electron chi connectivity index (χ1n) is 12.4. The highest BCUT2D eigenvalue weighted by atomic mass is 19.1. The van der Waals surface area contributed by atoms with Crippen LogP contribution < -0.4 is 4.74 Å². The fourth-order valence-electron chi connectivity index (χ4n) is 5.73. The molecule has 2 aliphatic carbocycles. The molecule has 2 fully saturated rings. The molecular formula is C31H35FO. The second kappa shape index (κ2) is 11.4. The minimum atomic E-state index is -0.364. The van der Waals surface area contributed by atoms with Gasteiger partial charge in [-0.2, -0.15) is 0 Å². The molecule has 1 nitrogen and oxygen atoms in total. The highest BCUT2D eigenvalue weighted by Crippen LogP contribution is 2.48. The molecule has 0 spiro atoms. The normalized spacial score (nSPS) is 24.2. The van der Waals surface area contributed by atoms with E-state index in [2.05, 4.69) is 55.3 Å². The van der Waals surface area contributed by atoms with Crippen LogP contribution in [0.25, 0.3) is 0 Å². The highest BCUT2D eigenvalue weighted by molar-refractivity contribution is 5.46. The molecule has 0 heterocycles. The van der Waals surface area contributed by atoms with Gasteiger partial charge in [0.15, 0.2) is 0 Å². The van der Waals surface area contributed by atoms with Gasteiger partial charge in [0, 0.05) is 11.6 Å². The van der Waals surface area contributed by atoms with Gasteiger partial charge in [-0.15, -0.1) is 6.58 Å². The van der Waals surface area contributed by atoms with Crippen molar-refractivity contribution in [3.05, 3.63) is 90.3 Å². The van der Waals surface area contributed by atoms with E-state index in [1.807, 2.05) is 0 Å². The van der Waals surface area contributed by atoms with E-state index in [1.165, 1.54) is 63.0 Å². The molecule has 0 bridgehead atoms. The Morgan fingerprint density at radius 3 is 2.45 bits per heavy atom. The molecule has 4 atom stereocenters. The van der Waals surface area contributed by atoms with Crippen molar-refractivity contribution in [1.29, 1.82) is 0 Å². The van der Waals surface area contributed by atoms with Crippen molar-refractivity contribution in [1.82, 2.24) is 0 Å². The van der Waals surface area contributed by atoms with Gasteiger partial charge >= 0.3 is 0 Å². The zero-order valence-corrected chi connectivity index (χ0v) is 19.6. The van der Waals surface area contributed by atoms with Crippen LogP contribution in [-0.4, -0.2) is 6.61 Å². The van der Waals surface area contributed by atoms with Gasteiger partial charge in [0.05, 0.1) is 5.56 Å². The third-order valence-electron chi connectivity index (χ3n) is 7.53. The average molecular weight is 443 g/mol. The lowest BCUT2D eigenvalue weighted by atomic mass is 9.63. The first-order chi connectivity index (χ1) is 16.2. The molecular weight excluding hydrogens is 407 g/mol. The Kier molecular flexibility index (Phi) is 8.05. The van der Waals surface area contributed by atoms with Crippen LogP contribution in [0, 0.1) is 35.4 Å². The molecule has 4 rings (SSSR count). The van der Waals surface area contributed by atoms with Crippen LogP contribution in [0.4, 0.5) is 4.39 Å². The Morgan fingerprint density at radius 1 is 0.909 bits per heavy atom. The van der Waals surface area contributed by atoms with Crippen LogP contribution in [0.15, 0.2) is 67.8 Å². The Labute approximate surface area is 198 Å². The van der Waals surface area contributed by atoms with Gasteiger partial charge in [0.25, 0.3) is 0 Å². The van der Waals surface area contributed by atoms with Gasteiger partial charge in [-0.1, -0.05) is 49.1 Å². The molecule has 2 aromatic rings. The SMILES string of the molecule is C=CCCC1CCC2CC(c3ccc(C#Cc4ccc(OCC=C)cc4F)cc3)CCC2C1. The fourth-order valence-corrected chi connectivity index (χ4v) is 5.73. The summed E-state index contributed by atoms with van der Waals surface area (Å²) in [4.78, 5) is 0. The number of halogens is 1. The minimum absolute atomic E-state index is 0.357. The molecule has 33 heavy (non-hydrogen) atoms. The van der Waals surface area contributed by atoms with Crippen LogP contribution in [-0.2, 0) is 0 Å². The molecule has 0 saturated heterocycles. The van der Waals surface area contributed by atoms with E-state index in [0.717, 1.165) is 23.3 Å². The van der Waals surface area contributed by atoms with E-state index >= 15 is 0 Å². The number of allylic oxidation sites excluding steroid dienone is 1. The molecule has 0 N–H and O–H groups in total. The number of fused-ring (bicyclic) bond motifs is 1. The Morgan fingerprint density at radius 2 is 1.70 bits per heavy atom. The molecule has 2 aromatic carbocycles. The van der Waals surface area contributed by atoms with Crippen LogP contribution in [0.2, 0.25) is 0 Å². The second-order valence-electron chi connectivity index (χ2n) is 9.69. The summed E-state index contributed by atoms with van der Waals surface area (Å²) in [5.41, 5.74) is 2.73. The predicted molar refractivity (Wildman–Crippen MR) is 135 cm³/mol. The molecule has 2 saturated carbocycles. The van der Waals surface area contributed by atoms with Gasteiger partial charge in [0.2, 0.25) is 0 Å². The van der Waals surface area contributed by atoms with Crippen molar-refractivity contribution >= 4 is 0 Å². The lowest BCUT2D eigenvalue weighted by molar-refractivity contribution is 0.115. The summed E-state index contributed by atoms with van der Waals surface area (Å²) in [6, 6.07) is 13.4. The third kappa shape index (κ3) is 6.17. The summed E-state index contributed by atoms with van der Waals surface area (Å²) < 4.78 is 19.7. The van der Waals surface area contributed by atoms with Crippen molar-refractivity contribution < 1.29 is 9.13 Å². The average Bonchev–Trinajstić information content (AvgIpc) is 2.85. The quantitative estimate of drug-likeness (QED) is 0.311. The number of rotatable bonds is 7. The predicted octanol–water partition coefficient (Wildman–Crippen LogP) is 8.06. The number of hydrogen-bond donors (Lipinski definition) is 0. The van der Waals surface area contributed by atoms with Crippen LogP contribution in [0.1, 0.15) is 74.0 Å². The number of ether oxygens (including phenoxy) is 1. The van der Waals surface area contributed by atoms with E-state index < -0.39 is 0 Å². The molecule has 4 unspecified atom stereocenters. The van der Waals surface area contributed by atoms with Crippen molar-refractivity contribution in [3.8, 4) is 17.6 Å². The Balaban J connectivity index is 1.34. The summed E-state index contributed by atoms with van der Waals surface area (Å²) in [6.07, 6.45) is 14.4. The van der Waals surface area contributed by atoms with E-state index in [4.69, 9.17) is 4.74 Å². The molecule has 0 aromatic heterocycles. The first kappa shape index (κ1) is 23.4. The van der Waals surface area contributed by atoms with Crippen molar-refractivity contribution in [2.24, 2.45) is 17.8 Å². The topological polar surface area (TPSA) is 9.23 Å². The monoisotopic (exact) mass is 442 g/mol. The summed E-state index contributed by atoms with van der Waals surface area (Å²) in [5, 5.41) is 0. The number of benzene rings is 2. The lowest BCUT2D eigenvalue weighted by Gasteiger charge is -2.42. The second-order valence-corrected chi connectivity index (χ2v) is 9.69. The van der Waals surface area contributed by atoms with Gasteiger partial charge in [-0.05, 0) is 98.4 Å². The maximum Gasteiger partial charge on any atom is 0.142 e. The van der Waals surface area contributed by atoms with E-state index in [0.29, 0.717) is 23.8 Å². The van der Waals surface area contributed by atoms with Gasteiger partial charge in [0.1, 0.15) is 18.2 Å². The maximum atomic E-state index is 14.3. The van der Waals surface area contributed by atoms with Crippen LogP contribution in [0.5, 0.6) is 5.75 Å². The van der Waals surface area contributed by atoms with Gasteiger partial charge < -0.3 is 4.74 Å². The number of hydrogen-bond acceptors (Lipinski definition) is 1. The summed E-state index contributed by atoms with van der Waals surface area (Å²) in [6.45, 7) is 7.84. The Hall–Kier alpha value is -2.79. The Bertz CT molecular complexity index is 1010. The summed E-state index contributed by atoms with van der Waals surface area (Å²) in [5.74, 6) is 9.60. The molecule has 2 aliphatic rings. The third-order valence-corrected chi connectivity index (χ3v) is 7.53. The van der Waals surface area contributed by atoms with Crippen molar-refractivity contribution in [3.63, 3.8) is 0 Å². The smallest absolute Gasteiger partial charge is 0.142 e. The van der Waals surface area contributed by atoms with Crippen molar-refractivity contribution in [2.45, 2.75) is 57.3 Å². The standard InChI is InChI=1S/C31H35FO/c1-3-5-6-24-10-14-29-21-28(16-15-27(29)20-24)25-11-7-23(8-12-25)9-13-26-17-18-30(22-31(26)32)33-19-4-2/h3-4,7-8,11-12,17-18,22,24,27-29H,1-2,5-6,10,14-16,19-21H2. The molecule has 2 heteroatoms. The summed E-state index contributed by atoms with van der Waals surface area (Å²) >= 11 is 0. The highest BCUT2D eigenvalue weighted by Gasteiger charge is 2.35. The first-order valence-corrected chi connectivity index (χ1v) is 12.4. The van der Waals surface area contributed by atoms with Crippen LogP contribution in [0.3, 0.4) is 0 Å². The van der Waals surface area contributed by atoms with E-state index in [-0.39, 0.29) is 5.82 Å². The van der Waals surface area contributed by atoms with Gasteiger partial charge in [-0.3, -0.25) is 0 Å². The van der Waals surface area contributed by atoms with E-state index in [9.17, 15) is 4.39 Å². The van der Waals surface area contributed by atoms with Crippen LogP contribution >= 0.6 is 0 Å². The minimum Gasteiger partial charge on any atom is -0.489 e. The van der Waals surface area contributed by atoms with Gasteiger partial charge in [-0.25, -0.2) is 4.39 Å². The molecule has 0 amide bonds. The largest absolute Gasteiger partial charge is 0.489 e. The molecule has 172 valence electrons. The molecule has 0 radical (unpaired) electrons. The zero-order valence-electron chi connectivity index (χ0n) is 19.6. The summed E-state index contributed by atoms with van der Waals surface area (Å²) in [7, 11) is 0.